The number of fused-ring (bicyclic) bond motifs is 16. The standard InChI is InChI=1S/C46H25N5O/c1-8-20-35-26(13-1)27-14-2-9-21-36(27)50(35)46-47-41-31-18-6-12-24-39(31)52-44(41)45(48-46)51-37-22-10-4-16-29(37)33-25-32-28-15-3-7-19-34(28)49-38-23-11-5-17-30(38)40(42(32)49)43(33)51/h1-25H. The average Bonchev–Trinajstić information content (AvgIpc) is 3.99. The minimum Gasteiger partial charge on any atom is -0.450 e. The summed E-state index contributed by atoms with van der Waals surface area (Å²) >= 11 is 0. The molecule has 0 N–H and O–H groups in total. The van der Waals surface area contributed by atoms with Crippen LogP contribution in [0.3, 0.4) is 0 Å². The van der Waals surface area contributed by atoms with Gasteiger partial charge in [-0.1, -0.05) is 103 Å². The third kappa shape index (κ3) is 3.12. The van der Waals surface area contributed by atoms with Crippen molar-refractivity contribution in [2.75, 3.05) is 0 Å². The number of furan rings is 1. The summed E-state index contributed by atoms with van der Waals surface area (Å²) in [4.78, 5) is 10.9. The van der Waals surface area contributed by atoms with Gasteiger partial charge in [0.25, 0.3) is 0 Å². The highest BCUT2D eigenvalue weighted by Gasteiger charge is 2.27. The lowest BCUT2D eigenvalue weighted by Crippen LogP contribution is -2.06. The highest BCUT2D eigenvalue weighted by Crippen LogP contribution is 2.47. The van der Waals surface area contributed by atoms with E-state index in [1.165, 1.54) is 43.5 Å². The molecule has 13 rings (SSSR count). The van der Waals surface area contributed by atoms with Crippen LogP contribution in [0.4, 0.5) is 0 Å². The quantitative estimate of drug-likeness (QED) is 0.185. The summed E-state index contributed by atoms with van der Waals surface area (Å²) in [5.74, 6) is 1.32. The maximum atomic E-state index is 6.78. The van der Waals surface area contributed by atoms with Gasteiger partial charge in [-0.05, 0) is 48.5 Å². The number of hydrogen-bond acceptors (Lipinski definition) is 3. The van der Waals surface area contributed by atoms with Crippen LogP contribution >= 0.6 is 0 Å². The molecule has 0 bridgehead atoms. The second kappa shape index (κ2) is 9.33. The Morgan fingerprint density at radius 3 is 1.56 bits per heavy atom. The predicted molar refractivity (Wildman–Crippen MR) is 213 cm³/mol. The van der Waals surface area contributed by atoms with Crippen LogP contribution in [0.5, 0.6) is 0 Å². The van der Waals surface area contributed by atoms with Gasteiger partial charge in [0.15, 0.2) is 11.4 Å². The molecule has 0 fully saturated rings. The van der Waals surface area contributed by atoms with Crippen molar-refractivity contribution in [2.45, 2.75) is 0 Å². The number of rotatable bonds is 2. The minimum atomic E-state index is 0.601. The van der Waals surface area contributed by atoms with Crippen molar-refractivity contribution in [3.05, 3.63) is 152 Å². The SMILES string of the molecule is c1ccc2c(c1)oc1c(-n3c4ccccc4c4cc5c6ccccc6n6c7ccccc7c(c43)c56)nc(-n3c4ccccc4c4ccccc43)nc12. The van der Waals surface area contributed by atoms with Crippen LogP contribution in [0.1, 0.15) is 0 Å². The van der Waals surface area contributed by atoms with Gasteiger partial charge in [-0.15, -0.1) is 0 Å². The van der Waals surface area contributed by atoms with Gasteiger partial charge in [0.1, 0.15) is 11.1 Å². The Morgan fingerprint density at radius 1 is 0.404 bits per heavy atom. The summed E-state index contributed by atoms with van der Waals surface area (Å²) in [6, 6.07) is 53.8. The van der Waals surface area contributed by atoms with Crippen LogP contribution in [0.15, 0.2) is 156 Å². The van der Waals surface area contributed by atoms with Crippen molar-refractivity contribution in [1.82, 2.24) is 23.5 Å². The molecule has 240 valence electrons. The minimum absolute atomic E-state index is 0.601. The molecule has 52 heavy (non-hydrogen) atoms. The Labute approximate surface area is 294 Å². The third-order valence-electron chi connectivity index (χ3n) is 11.2. The summed E-state index contributed by atoms with van der Waals surface area (Å²) in [6.07, 6.45) is 0. The van der Waals surface area contributed by atoms with E-state index in [9.17, 15) is 0 Å². The van der Waals surface area contributed by atoms with Gasteiger partial charge in [-0.3, -0.25) is 9.13 Å². The van der Waals surface area contributed by atoms with E-state index in [1.54, 1.807) is 0 Å². The maximum absolute atomic E-state index is 6.78. The lowest BCUT2D eigenvalue weighted by atomic mass is 10.0. The topological polar surface area (TPSA) is 53.2 Å². The monoisotopic (exact) mass is 663 g/mol. The summed E-state index contributed by atoms with van der Waals surface area (Å²) in [5, 5.41) is 10.5. The van der Waals surface area contributed by atoms with Crippen LogP contribution in [0.25, 0.3) is 116 Å². The molecule has 0 aliphatic heterocycles. The molecule has 0 saturated carbocycles. The second-order valence-electron chi connectivity index (χ2n) is 13.8. The molecule has 0 aliphatic carbocycles. The molecule has 0 aliphatic rings. The first-order chi connectivity index (χ1) is 25.8. The van der Waals surface area contributed by atoms with E-state index in [-0.39, 0.29) is 0 Å². The van der Waals surface area contributed by atoms with Crippen LogP contribution < -0.4 is 0 Å². The Hall–Kier alpha value is -7.18. The fourth-order valence-electron chi connectivity index (χ4n) is 9.13. The highest BCUT2D eigenvalue weighted by atomic mass is 16.3. The normalized spacial score (nSPS) is 12.6. The second-order valence-corrected chi connectivity index (χ2v) is 13.8. The molecular formula is C46H25N5O. The van der Waals surface area contributed by atoms with E-state index in [0.29, 0.717) is 17.3 Å². The van der Waals surface area contributed by atoms with E-state index < -0.39 is 0 Å². The van der Waals surface area contributed by atoms with Crippen molar-refractivity contribution in [1.29, 1.82) is 0 Å². The summed E-state index contributed by atoms with van der Waals surface area (Å²) in [6.45, 7) is 0. The zero-order valence-corrected chi connectivity index (χ0v) is 27.6. The smallest absolute Gasteiger partial charge is 0.237 e. The van der Waals surface area contributed by atoms with Crippen molar-refractivity contribution in [2.24, 2.45) is 0 Å². The van der Waals surface area contributed by atoms with Gasteiger partial charge in [-0.2, -0.15) is 4.98 Å². The Balaban J connectivity index is 1.29. The summed E-state index contributed by atoms with van der Waals surface area (Å²) < 4.78 is 13.8. The maximum Gasteiger partial charge on any atom is 0.237 e. The molecule has 6 heteroatoms. The summed E-state index contributed by atoms with van der Waals surface area (Å²) in [5.41, 5.74) is 10.1. The van der Waals surface area contributed by atoms with E-state index in [0.717, 1.165) is 54.7 Å². The lowest BCUT2D eigenvalue weighted by Gasteiger charge is -2.12. The predicted octanol–water partition coefficient (Wildman–Crippen LogP) is 11.7. The molecule has 7 aromatic carbocycles. The van der Waals surface area contributed by atoms with Gasteiger partial charge in [0, 0.05) is 48.5 Å². The van der Waals surface area contributed by atoms with E-state index in [2.05, 4.69) is 147 Å². The molecule has 6 aromatic heterocycles. The molecule has 0 atom stereocenters. The van der Waals surface area contributed by atoms with Crippen molar-refractivity contribution >= 4 is 104 Å². The Bertz CT molecular complexity index is 3600. The molecule has 0 amide bonds. The van der Waals surface area contributed by atoms with Gasteiger partial charge in [-0.25, -0.2) is 4.98 Å². The number of hydrogen-bond donors (Lipinski definition) is 0. The van der Waals surface area contributed by atoms with E-state index in [4.69, 9.17) is 14.4 Å². The third-order valence-corrected chi connectivity index (χ3v) is 11.2. The molecule has 6 nitrogen and oxygen atoms in total. The van der Waals surface area contributed by atoms with Crippen LogP contribution in [-0.4, -0.2) is 23.5 Å². The Morgan fingerprint density at radius 2 is 0.885 bits per heavy atom. The van der Waals surface area contributed by atoms with Crippen LogP contribution in [0.2, 0.25) is 0 Å². The van der Waals surface area contributed by atoms with Gasteiger partial charge in [0.2, 0.25) is 5.95 Å². The Kier molecular flexibility index (Phi) is 4.78. The summed E-state index contributed by atoms with van der Waals surface area (Å²) in [7, 11) is 0. The lowest BCUT2D eigenvalue weighted by molar-refractivity contribution is 0.661. The van der Waals surface area contributed by atoms with Gasteiger partial charge < -0.3 is 8.82 Å². The van der Waals surface area contributed by atoms with Gasteiger partial charge >= 0.3 is 0 Å². The zero-order chi connectivity index (χ0) is 33.7. The molecule has 0 saturated heterocycles. The molecule has 6 heterocycles. The van der Waals surface area contributed by atoms with Crippen molar-refractivity contribution in [3.8, 4) is 11.8 Å². The molecule has 0 radical (unpaired) electrons. The number of benzene rings is 7. The van der Waals surface area contributed by atoms with Crippen LogP contribution in [0, 0.1) is 0 Å². The van der Waals surface area contributed by atoms with Crippen molar-refractivity contribution < 1.29 is 4.42 Å². The fourth-order valence-corrected chi connectivity index (χ4v) is 9.13. The fraction of sp³-hybridized carbons (Fsp3) is 0. The zero-order valence-electron chi connectivity index (χ0n) is 27.6. The van der Waals surface area contributed by atoms with Crippen molar-refractivity contribution in [3.63, 3.8) is 0 Å². The molecule has 0 spiro atoms. The molecule has 0 unspecified atom stereocenters. The first-order valence-corrected chi connectivity index (χ1v) is 17.6. The number of nitrogens with zero attached hydrogens (tertiary/aromatic N) is 5. The number of para-hydroxylation sites is 6. The average molecular weight is 664 g/mol. The van der Waals surface area contributed by atoms with E-state index in [1.807, 2.05) is 18.2 Å². The first-order valence-electron chi connectivity index (χ1n) is 17.6. The largest absolute Gasteiger partial charge is 0.450 e. The van der Waals surface area contributed by atoms with E-state index >= 15 is 0 Å². The van der Waals surface area contributed by atoms with Crippen LogP contribution in [-0.2, 0) is 0 Å². The van der Waals surface area contributed by atoms with Gasteiger partial charge in [0.05, 0.1) is 38.6 Å². The highest BCUT2D eigenvalue weighted by molar-refractivity contribution is 6.34. The molecule has 13 aromatic rings. The first kappa shape index (κ1) is 26.7. The molecular weight excluding hydrogens is 639 g/mol. The number of aromatic nitrogens is 5.